The van der Waals surface area contributed by atoms with E-state index < -0.39 is 5.60 Å². The summed E-state index contributed by atoms with van der Waals surface area (Å²) in [4.78, 5) is 28.7. The van der Waals surface area contributed by atoms with E-state index in [1.165, 1.54) is 15.7 Å². The second-order valence-electron chi connectivity index (χ2n) is 9.28. The van der Waals surface area contributed by atoms with Crippen molar-refractivity contribution in [2.45, 2.75) is 53.3 Å². The third-order valence-corrected chi connectivity index (χ3v) is 5.57. The molecule has 1 amide bonds. The monoisotopic (exact) mass is 427 g/mol. The topological polar surface area (TPSA) is 75.0 Å². The first kappa shape index (κ1) is 22.9. The Balaban J connectivity index is 1.62. The number of piperazine rings is 1. The highest BCUT2D eigenvalue weighted by molar-refractivity contribution is 5.68. The highest BCUT2D eigenvalue weighted by atomic mass is 16.6. The molecule has 1 aliphatic heterocycles. The Morgan fingerprint density at radius 2 is 1.71 bits per heavy atom. The maximum Gasteiger partial charge on any atom is 0.410 e. The number of nitrogens with zero attached hydrogens (tertiary/aromatic N) is 3. The van der Waals surface area contributed by atoms with Crippen LogP contribution in [0.25, 0.3) is 0 Å². The second-order valence-corrected chi connectivity index (χ2v) is 9.28. The van der Waals surface area contributed by atoms with Gasteiger partial charge in [0.1, 0.15) is 5.60 Å². The van der Waals surface area contributed by atoms with Gasteiger partial charge >= 0.3 is 6.09 Å². The Morgan fingerprint density at radius 1 is 1.03 bits per heavy atom. The molecule has 0 aliphatic carbocycles. The van der Waals surface area contributed by atoms with Crippen LogP contribution in [0.1, 0.15) is 43.0 Å². The third-order valence-electron chi connectivity index (χ3n) is 5.57. The molecule has 7 heteroatoms. The molecule has 2 heterocycles. The number of rotatable bonds is 4. The Morgan fingerprint density at radius 3 is 2.32 bits per heavy atom. The standard InChI is InChI=1S/C24H33N3O4/c1-17-6-7-19(14-18(17)2)15-27-9-8-20(21(28)22(27)29)16-25-10-12-26(13-11-25)23(30)31-24(3,4)5/h6-9,14,28H,10-13,15-16H2,1-5H3. The highest BCUT2D eigenvalue weighted by Crippen LogP contribution is 2.18. The van der Waals surface area contributed by atoms with Gasteiger partial charge in [-0.1, -0.05) is 18.2 Å². The third kappa shape index (κ3) is 5.88. The summed E-state index contributed by atoms with van der Waals surface area (Å²) in [7, 11) is 0. The van der Waals surface area contributed by atoms with Gasteiger partial charge in [-0.15, -0.1) is 0 Å². The van der Waals surface area contributed by atoms with Crippen LogP contribution in [0.4, 0.5) is 4.79 Å². The number of aromatic hydroxyl groups is 1. The Hall–Kier alpha value is -2.80. The molecule has 1 saturated heterocycles. The molecule has 1 aliphatic rings. The Labute approximate surface area is 183 Å². The predicted octanol–water partition coefficient (Wildman–Crippen LogP) is 3.27. The van der Waals surface area contributed by atoms with Crippen molar-refractivity contribution in [3.63, 3.8) is 0 Å². The van der Waals surface area contributed by atoms with Crippen molar-refractivity contribution in [2.75, 3.05) is 26.2 Å². The fourth-order valence-corrected chi connectivity index (χ4v) is 3.61. The summed E-state index contributed by atoms with van der Waals surface area (Å²) in [6.45, 7) is 13.0. The minimum absolute atomic E-state index is 0.207. The van der Waals surface area contributed by atoms with Crippen molar-refractivity contribution >= 4 is 6.09 Å². The molecule has 0 atom stereocenters. The van der Waals surface area contributed by atoms with Gasteiger partial charge in [-0.2, -0.15) is 0 Å². The van der Waals surface area contributed by atoms with Gasteiger partial charge < -0.3 is 19.3 Å². The van der Waals surface area contributed by atoms with Crippen molar-refractivity contribution in [1.29, 1.82) is 0 Å². The lowest BCUT2D eigenvalue weighted by molar-refractivity contribution is 0.0138. The first-order valence-corrected chi connectivity index (χ1v) is 10.7. The quantitative estimate of drug-likeness (QED) is 0.811. The van der Waals surface area contributed by atoms with Crippen LogP contribution in [0, 0.1) is 13.8 Å². The van der Waals surface area contributed by atoms with Crippen LogP contribution in [-0.2, 0) is 17.8 Å². The zero-order valence-corrected chi connectivity index (χ0v) is 19.1. The number of benzene rings is 1. The van der Waals surface area contributed by atoms with Gasteiger partial charge in [-0.3, -0.25) is 9.69 Å². The van der Waals surface area contributed by atoms with E-state index >= 15 is 0 Å². The molecule has 1 fully saturated rings. The second kappa shape index (κ2) is 9.14. The molecule has 3 rings (SSSR count). The Kier molecular flexibility index (Phi) is 6.74. The summed E-state index contributed by atoms with van der Waals surface area (Å²) < 4.78 is 6.96. The largest absolute Gasteiger partial charge is 0.503 e. The van der Waals surface area contributed by atoms with Crippen molar-refractivity contribution in [2.24, 2.45) is 0 Å². The molecular formula is C24H33N3O4. The number of carbonyl (C=O) groups is 1. The van der Waals surface area contributed by atoms with E-state index in [0.29, 0.717) is 44.8 Å². The number of aryl methyl sites for hydroxylation is 2. The zero-order chi connectivity index (χ0) is 22.8. The van der Waals surface area contributed by atoms with Gasteiger partial charge in [0.05, 0.1) is 6.54 Å². The summed E-state index contributed by atoms with van der Waals surface area (Å²) in [6, 6.07) is 7.92. The van der Waals surface area contributed by atoms with E-state index in [0.717, 1.165) is 5.56 Å². The number of carbonyl (C=O) groups excluding carboxylic acids is 1. The average molecular weight is 428 g/mol. The molecule has 31 heavy (non-hydrogen) atoms. The van der Waals surface area contributed by atoms with E-state index in [9.17, 15) is 14.7 Å². The van der Waals surface area contributed by atoms with Gasteiger partial charge in [0.2, 0.25) is 0 Å². The predicted molar refractivity (Wildman–Crippen MR) is 120 cm³/mol. The first-order valence-electron chi connectivity index (χ1n) is 10.7. The summed E-state index contributed by atoms with van der Waals surface area (Å²) >= 11 is 0. The molecule has 1 aromatic carbocycles. The number of hydrogen-bond donors (Lipinski definition) is 1. The number of amides is 1. The van der Waals surface area contributed by atoms with E-state index in [1.807, 2.05) is 39.8 Å². The van der Waals surface area contributed by atoms with Crippen molar-refractivity contribution in [3.05, 3.63) is 63.1 Å². The smallest absolute Gasteiger partial charge is 0.410 e. The number of pyridine rings is 1. The molecule has 7 nitrogen and oxygen atoms in total. The molecule has 0 unspecified atom stereocenters. The van der Waals surface area contributed by atoms with Crippen molar-refractivity contribution in [3.8, 4) is 5.75 Å². The zero-order valence-electron chi connectivity index (χ0n) is 19.1. The molecular weight excluding hydrogens is 394 g/mol. The maximum absolute atomic E-state index is 12.7. The SMILES string of the molecule is Cc1ccc(Cn2ccc(CN3CCN(C(=O)OC(C)(C)C)CC3)c(O)c2=O)cc1C. The minimum Gasteiger partial charge on any atom is -0.503 e. The van der Waals surface area contributed by atoms with Crippen molar-refractivity contribution < 1.29 is 14.6 Å². The number of hydrogen-bond acceptors (Lipinski definition) is 5. The van der Waals surface area contributed by atoms with Gasteiger partial charge in [-0.05, 0) is 57.4 Å². The Bertz CT molecular complexity index is 999. The molecule has 0 radical (unpaired) electrons. The first-order chi connectivity index (χ1) is 14.5. The van der Waals surface area contributed by atoms with E-state index in [4.69, 9.17) is 4.74 Å². The summed E-state index contributed by atoms with van der Waals surface area (Å²) in [5.74, 6) is -0.207. The van der Waals surface area contributed by atoms with Gasteiger partial charge in [-0.25, -0.2) is 4.79 Å². The van der Waals surface area contributed by atoms with E-state index in [2.05, 4.69) is 17.9 Å². The van der Waals surface area contributed by atoms with Crippen LogP contribution in [0.3, 0.4) is 0 Å². The lowest BCUT2D eigenvalue weighted by atomic mass is 10.1. The van der Waals surface area contributed by atoms with Crippen LogP contribution in [0.15, 0.2) is 35.3 Å². The number of aromatic nitrogens is 1. The fraction of sp³-hybridized carbons (Fsp3) is 0.500. The van der Waals surface area contributed by atoms with Crippen LogP contribution in [0.2, 0.25) is 0 Å². The molecule has 1 aromatic heterocycles. The lowest BCUT2D eigenvalue weighted by Crippen LogP contribution is -2.49. The summed E-state index contributed by atoms with van der Waals surface area (Å²) in [5.41, 5.74) is 3.12. The average Bonchev–Trinajstić information content (AvgIpc) is 2.69. The highest BCUT2D eigenvalue weighted by Gasteiger charge is 2.26. The van der Waals surface area contributed by atoms with E-state index in [1.54, 1.807) is 17.2 Å². The summed E-state index contributed by atoms with van der Waals surface area (Å²) in [6.07, 6.45) is 1.44. The molecule has 0 saturated carbocycles. The lowest BCUT2D eigenvalue weighted by Gasteiger charge is -2.35. The molecule has 2 aromatic rings. The van der Waals surface area contributed by atoms with Crippen molar-refractivity contribution in [1.82, 2.24) is 14.4 Å². The normalized spacial score (nSPS) is 15.2. The van der Waals surface area contributed by atoms with Gasteiger partial charge in [0.15, 0.2) is 5.75 Å². The molecule has 0 spiro atoms. The molecule has 0 bridgehead atoms. The maximum atomic E-state index is 12.7. The van der Waals surface area contributed by atoms with Crippen LogP contribution in [-0.4, -0.2) is 57.3 Å². The van der Waals surface area contributed by atoms with Crippen LogP contribution < -0.4 is 5.56 Å². The van der Waals surface area contributed by atoms with Crippen LogP contribution >= 0.6 is 0 Å². The van der Waals surface area contributed by atoms with Gasteiger partial charge in [0, 0.05) is 44.5 Å². The molecule has 168 valence electrons. The van der Waals surface area contributed by atoms with Crippen LogP contribution in [0.5, 0.6) is 5.75 Å². The fourth-order valence-electron chi connectivity index (χ4n) is 3.61. The minimum atomic E-state index is -0.513. The van der Waals surface area contributed by atoms with E-state index in [-0.39, 0.29) is 17.4 Å². The van der Waals surface area contributed by atoms with Gasteiger partial charge in [0.25, 0.3) is 5.56 Å². The molecule has 1 N–H and O–H groups in total. The number of ether oxygens (including phenoxy) is 1. The summed E-state index contributed by atoms with van der Waals surface area (Å²) in [5, 5.41) is 10.5.